The second kappa shape index (κ2) is 4.63. The van der Waals surface area contributed by atoms with Gasteiger partial charge in [0.25, 0.3) is 5.79 Å². The fourth-order valence-electron chi connectivity index (χ4n) is 4.50. The van der Waals surface area contributed by atoms with Gasteiger partial charge >= 0.3 is 0 Å². The standard InChI is InChI=1S/C18H24O5Si/c1-15(2,3)18-16(4,5)10-19-17(18,22-23-18)14-9-11-8-12(21-24)6-7-13(11)20-14/h6-9H,10H2,1-5,24H3. The summed E-state index contributed by atoms with van der Waals surface area (Å²) in [4.78, 5) is 11.5. The lowest BCUT2D eigenvalue weighted by Gasteiger charge is -2.59. The van der Waals surface area contributed by atoms with Crippen molar-refractivity contribution in [1.82, 2.24) is 0 Å². The summed E-state index contributed by atoms with van der Waals surface area (Å²) in [6.45, 7) is 11.3. The summed E-state index contributed by atoms with van der Waals surface area (Å²) in [5.41, 5.74) is -0.259. The number of ether oxygens (including phenoxy) is 1. The molecule has 0 bridgehead atoms. The van der Waals surface area contributed by atoms with E-state index in [1.54, 1.807) is 0 Å². The van der Waals surface area contributed by atoms with Crippen LogP contribution in [0.4, 0.5) is 0 Å². The maximum atomic E-state index is 6.19. The molecule has 2 aliphatic heterocycles. The first-order valence-electron chi connectivity index (χ1n) is 8.26. The predicted octanol–water partition coefficient (Wildman–Crippen LogP) is 3.05. The zero-order chi connectivity index (χ0) is 17.4. The van der Waals surface area contributed by atoms with Crippen LogP contribution in [0, 0.1) is 10.8 Å². The number of hydrogen-bond donors (Lipinski definition) is 0. The van der Waals surface area contributed by atoms with E-state index in [1.165, 1.54) is 0 Å². The van der Waals surface area contributed by atoms with Crippen LogP contribution in [0.1, 0.15) is 40.4 Å². The summed E-state index contributed by atoms with van der Waals surface area (Å²) < 4.78 is 17.7. The molecule has 1 aromatic heterocycles. The highest BCUT2D eigenvalue weighted by Crippen LogP contribution is 2.69. The fraction of sp³-hybridized carbons (Fsp3) is 0.556. The number of rotatable bonds is 2. The molecule has 2 aromatic rings. The van der Waals surface area contributed by atoms with Gasteiger partial charge in [-0.25, -0.2) is 4.89 Å². The molecule has 0 amide bonds. The van der Waals surface area contributed by atoms with Gasteiger partial charge < -0.3 is 13.6 Å². The molecule has 4 rings (SSSR count). The molecule has 2 atom stereocenters. The van der Waals surface area contributed by atoms with Gasteiger partial charge in [0.2, 0.25) is 10.5 Å². The summed E-state index contributed by atoms with van der Waals surface area (Å²) >= 11 is 0. The minimum atomic E-state index is -1.02. The topological polar surface area (TPSA) is 50.1 Å². The van der Waals surface area contributed by atoms with Crippen LogP contribution in [-0.2, 0) is 20.3 Å². The van der Waals surface area contributed by atoms with E-state index in [9.17, 15) is 0 Å². The van der Waals surface area contributed by atoms with Crippen LogP contribution >= 0.6 is 0 Å². The van der Waals surface area contributed by atoms with Gasteiger partial charge in [0.1, 0.15) is 11.3 Å². The highest BCUT2D eigenvalue weighted by atomic mass is 28.2. The van der Waals surface area contributed by atoms with Crippen LogP contribution in [0.3, 0.4) is 0 Å². The molecule has 0 aliphatic carbocycles. The minimum absolute atomic E-state index is 0.201. The molecular formula is C18H24O5Si. The number of benzene rings is 1. The third kappa shape index (κ3) is 1.69. The van der Waals surface area contributed by atoms with Gasteiger partial charge in [-0.05, 0) is 24.3 Å². The number of hydrogen-bond acceptors (Lipinski definition) is 5. The van der Waals surface area contributed by atoms with E-state index in [1.807, 2.05) is 24.3 Å². The Morgan fingerprint density at radius 3 is 2.46 bits per heavy atom. The monoisotopic (exact) mass is 348 g/mol. The zero-order valence-corrected chi connectivity index (χ0v) is 17.1. The van der Waals surface area contributed by atoms with E-state index in [0.717, 1.165) is 16.7 Å². The van der Waals surface area contributed by atoms with Gasteiger partial charge in [-0.2, -0.15) is 4.89 Å². The molecule has 24 heavy (non-hydrogen) atoms. The predicted molar refractivity (Wildman–Crippen MR) is 92.5 cm³/mol. The highest BCUT2D eigenvalue weighted by molar-refractivity contribution is 6.00. The van der Waals surface area contributed by atoms with Crippen molar-refractivity contribution < 1.29 is 23.4 Å². The third-order valence-electron chi connectivity index (χ3n) is 5.44. The first-order valence-corrected chi connectivity index (χ1v) is 9.07. The molecule has 2 unspecified atom stereocenters. The van der Waals surface area contributed by atoms with Crippen LogP contribution in [0.5, 0.6) is 5.75 Å². The minimum Gasteiger partial charge on any atom is -0.553 e. The van der Waals surface area contributed by atoms with E-state index in [2.05, 4.69) is 34.6 Å². The van der Waals surface area contributed by atoms with Crippen molar-refractivity contribution in [1.29, 1.82) is 0 Å². The van der Waals surface area contributed by atoms with Crippen LogP contribution in [0.15, 0.2) is 28.7 Å². The van der Waals surface area contributed by atoms with Crippen molar-refractivity contribution in [3.05, 3.63) is 30.0 Å². The van der Waals surface area contributed by atoms with Crippen LogP contribution < -0.4 is 4.43 Å². The van der Waals surface area contributed by atoms with Crippen molar-refractivity contribution in [2.45, 2.75) is 46.0 Å². The van der Waals surface area contributed by atoms with Gasteiger partial charge in [0.15, 0.2) is 11.4 Å². The van der Waals surface area contributed by atoms with Crippen LogP contribution in [0.2, 0.25) is 0 Å². The second-order valence-electron chi connectivity index (χ2n) is 8.40. The Kier molecular flexibility index (Phi) is 3.12. The zero-order valence-electron chi connectivity index (χ0n) is 15.1. The first kappa shape index (κ1) is 16.1. The molecule has 130 valence electrons. The Bertz CT molecular complexity index is 805. The summed E-state index contributed by atoms with van der Waals surface area (Å²) in [6, 6.07) is 7.78. The maximum absolute atomic E-state index is 6.19. The molecule has 3 heterocycles. The lowest BCUT2D eigenvalue weighted by atomic mass is 9.58. The van der Waals surface area contributed by atoms with Gasteiger partial charge in [0.05, 0.1) is 6.61 Å². The largest absolute Gasteiger partial charge is 0.553 e. The average Bonchev–Trinajstić information content (AvgIpc) is 2.93. The molecule has 2 fully saturated rings. The number of fused-ring (bicyclic) bond motifs is 2. The van der Waals surface area contributed by atoms with Crippen molar-refractivity contribution in [3.8, 4) is 5.75 Å². The molecule has 0 spiro atoms. The average molecular weight is 348 g/mol. The van der Waals surface area contributed by atoms with Crippen molar-refractivity contribution in [3.63, 3.8) is 0 Å². The molecule has 5 nitrogen and oxygen atoms in total. The van der Waals surface area contributed by atoms with E-state index < -0.39 is 11.4 Å². The van der Waals surface area contributed by atoms with Crippen molar-refractivity contribution in [2.24, 2.45) is 10.8 Å². The summed E-state index contributed by atoms with van der Waals surface area (Å²) in [5, 5.41) is 0.972. The Labute approximate surface area is 144 Å². The quantitative estimate of drug-likeness (QED) is 0.617. The lowest BCUT2D eigenvalue weighted by Crippen LogP contribution is -2.72. The summed E-state index contributed by atoms with van der Waals surface area (Å²) in [7, 11) is 0.652. The van der Waals surface area contributed by atoms with E-state index in [4.69, 9.17) is 23.4 Å². The van der Waals surface area contributed by atoms with Gasteiger partial charge in [-0.15, -0.1) is 0 Å². The summed E-state index contributed by atoms with van der Waals surface area (Å²) in [5.74, 6) is 0.477. The molecule has 0 N–H and O–H groups in total. The second-order valence-corrected chi connectivity index (χ2v) is 8.81. The Morgan fingerprint density at radius 2 is 1.88 bits per heavy atom. The van der Waals surface area contributed by atoms with E-state index in [-0.39, 0.29) is 10.8 Å². The fourth-order valence-corrected chi connectivity index (χ4v) is 4.75. The Balaban J connectivity index is 1.89. The van der Waals surface area contributed by atoms with E-state index in [0.29, 0.717) is 22.9 Å². The Morgan fingerprint density at radius 1 is 1.12 bits per heavy atom. The smallest absolute Gasteiger partial charge is 0.293 e. The molecule has 0 saturated carbocycles. The molecule has 6 heteroatoms. The van der Waals surface area contributed by atoms with E-state index >= 15 is 0 Å². The molecule has 1 aromatic carbocycles. The van der Waals surface area contributed by atoms with Crippen molar-refractivity contribution >= 4 is 21.5 Å². The normalized spacial score (nSPS) is 31.9. The Hall–Kier alpha value is -1.34. The molecule has 2 saturated heterocycles. The van der Waals surface area contributed by atoms with Gasteiger partial charge in [0, 0.05) is 16.2 Å². The first-order chi connectivity index (χ1) is 11.2. The van der Waals surface area contributed by atoms with Gasteiger partial charge in [-0.3, -0.25) is 0 Å². The van der Waals surface area contributed by atoms with Gasteiger partial charge in [-0.1, -0.05) is 34.6 Å². The van der Waals surface area contributed by atoms with Crippen LogP contribution in [-0.4, -0.2) is 22.7 Å². The van der Waals surface area contributed by atoms with Crippen LogP contribution in [0.25, 0.3) is 11.0 Å². The molecule has 2 aliphatic rings. The molecular weight excluding hydrogens is 324 g/mol. The SMILES string of the molecule is CC(C)(C)C12OOC1(c1cc3cc(O[SiH3])ccc3o1)OCC2(C)C. The maximum Gasteiger partial charge on any atom is 0.293 e. The number of furan rings is 1. The molecule has 0 radical (unpaired) electrons. The lowest BCUT2D eigenvalue weighted by molar-refractivity contribution is -0.629. The summed E-state index contributed by atoms with van der Waals surface area (Å²) in [6.07, 6.45) is 0. The van der Waals surface area contributed by atoms with Crippen molar-refractivity contribution in [2.75, 3.05) is 6.61 Å². The highest BCUT2D eigenvalue weighted by Gasteiger charge is 2.82. The third-order valence-corrected chi connectivity index (χ3v) is 5.91.